The van der Waals surface area contributed by atoms with E-state index in [1.54, 1.807) is 11.0 Å². The van der Waals surface area contributed by atoms with E-state index in [9.17, 15) is 0 Å². The number of nitrogens with one attached hydrogen (secondary N) is 1. The predicted octanol–water partition coefficient (Wildman–Crippen LogP) is 2.72. The Morgan fingerprint density at radius 2 is 2.05 bits per heavy atom. The summed E-state index contributed by atoms with van der Waals surface area (Å²) >= 11 is 0. The number of nitrogens with zero attached hydrogens (tertiary/aromatic N) is 4. The summed E-state index contributed by atoms with van der Waals surface area (Å²) in [5.41, 5.74) is 3.36. The smallest absolute Gasteiger partial charge is 0.143 e. The first-order valence-electron chi connectivity index (χ1n) is 6.93. The maximum Gasteiger partial charge on any atom is 0.143 e. The SMILES string of the molecule is Cc1ccc(NC2CCCCC2)cc1-n1cnnn1. The van der Waals surface area contributed by atoms with E-state index < -0.39 is 0 Å². The third kappa shape index (κ3) is 2.75. The van der Waals surface area contributed by atoms with Gasteiger partial charge in [-0.1, -0.05) is 25.3 Å². The van der Waals surface area contributed by atoms with Crippen LogP contribution in [0.1, 0.15) is 37.7 Å². The highest BCUT2D eigenvalue weighted by Gasteiger charge is 2.13. The van der Waals surface area contributed by atoms with Gasteiger partial charge in [0.2, 0.25) is 0 Å². The van der Waals surface area contributed by atoms with Crippen LogP contribution < -0.4 is 5.32 Å². The molecule has 5 heteroatoms. The molecule has 3 rings (SSSR count). The van der Waals surface area contributed by atoms with Gasteiger partial charge < -0.3 is 5.32 Å². The van der Waals surface area contributed by atoms with E-state index in [1.165, 1.54) is 37.7 Å². The van der Waals surface area contributed by atoms with E-state index in [0.717, 1.165) is 11.4 Å². The maximum atomic E-state index is 3.96. The Balaban J connectivity index is 1.81. The third-order valence-electron chi connectivity index (χ3n) is 3.78. The highest BCUT2D eigenvalue weighted by atomic mass is 15.5. The number of hydrogen-bond acceptors (Lipinski definition) is 4. The average Bonchev–Trinajstić information content (AvgIpc) is 2.96. The minimum absolute atomic E-state index is 0.609. The minimum Gasteiger partial charge on any atom is -0.382 e. The molecule has 0 aliphatic heterocycles. The summed E-state index contributed by atoms with van der Waals surface area (Å²) in [6.07, 6.45) is 8.23. The monoisotopic (exact) mass is 257 g/mol. The van der Waals surface area contributed by atoms with Crippen molar-refractivity contribution in [2.75, 3.05) is 5.32 Å². The van der Waals surface area contributed by atoms with E-state index in [0.29, 0.717) is 6.04 Å². The van der Waals surface area contributed by atoms with Gasteiger partial charge in [0, 0.05) is 11.7 Å². The summed E-state index contributed by atoms with van der Waals surface area (Å²) in [6, 6.07) is 6.98. The van der Waals surface area contributed by atoms with Crippen molar-refractivity contribution in [3.8, 4) is 5.69 Å². The zero-order chi connectivity index (χ0) is 13.1. The van der Waals surface area contributed by atoms with Crippen LogP contribution in [0, 0.1) is 6.92 Å². The topological polar surface area (TPSA) is 55.6 Å². The Kier molecular flexibility index (Phi) is 3.44. The molecule has 100 valence electrons. The number of anilines is 1. The number of benzene rings is 1. The lowest BCUT2D eigenvalue weighted by molar-refractivity contribution is 0.463. The van der Waals surface area contributed by atoms with Gasteiger partial charge >= 0.3 is 0 Å². The lowest BCUT2D eigenvalue weighted by atomic mass is 9.95. The highest BCUT2D eigenvalue weighted by molar-refractivity contribution is 5.54. The van der Waals surface area contributed by atoms with E-state index in [1.807, 2.05) is 0 Å². The molecule has 5 nitrogen and oxygen atoms in total. The summed E-state index contributed by atoms with van der Waals surface area (Å²) in [4.78, 5) is 0. The number of hydrogen-bond donors (Lipinski definition) is 1. The molecule has 1 fully saturated rings. The largest absolute Gasteiger partial charge is 0.382 e. The Morgan fingerprint density at radius 3 is 2.79 bits per heavy atom. The van der Waals surface area contributed by atoms with Crippen LogP contribution >= 0.6 is 0 Å². The molecule has 1 N–H and O–H groups in total. The van der Waals surface area contributed by atoms with Crippen molar-refractivity contribution >= 4 is 5.69 Å². The molecule has 0 atom stereocenters. The standard InChI is InChI=1S/C14H19N5/c1-11-7-8-13(16-12-5-3-2-4-6-12)9-14(11)19-10-15-17-18-19/h7-10,12,16H,2-6H2,1H3. The van der Waals surface area contributed by atoms with Gasteiger partial charge in [-0.2, -0.15) is 0 Å². The Hall–Kier alpha value is -1.91. The Morgan fingerprint density at radius 1 is 1.21 bits per heavy atom. The maximum absolute atomic E-state index is 3.96. The fourth-order valence-corrected chi connectivity index (χ4v) is 2.70. The van der Waals surface area contributed by atoms with Gasteiger partial charge in [-0.3, -0.25) is 0 Å². The molecule has 1 aromatic carbocycles. The fraction of sp³-hybridized carbons (Fsp3) is 0.500. The van der Waals surface area contributed by atoms with Gasteiger partial charge in [-0.25, -0.2) is 4.68 Å². The van der Waals surface area contributed by atoms with Crippen molar-refractivity contribution in [2.45, 2.75) is 45.1 Å². The molecule has 1 saturated carbocycles. The van der Waals surface area contributed by atoms with Crippen LogP contribution in [0.25, 0.3) is 5.69 Å². The van der Waals surface area contributed by atoms with E-state index >= 15 is 0 Å². The molecule has 0 spiro atoms. The summed E-state index contributed by atoms with van der Waals surface area (Å²) < 4.78 is 1.71. The van der Waals surface area contributed by atoms with Crippen molar-refractivity contribution in [3.63, 3.8) is 0 Å². The van der Waals surface area contributed by atoms with Crippen LogP contribution in [0.4, 0.5) is 5.69 Å². The molecule has 0 radical (unpaired) electrons. The van der Waals surface area contributed by atoms with Crippen molar-refractivity contribution in [1.29, 1.82) is 0 Å². The van der Waals surface area contributed by atoms with Crippen molar-refractivity contribution in [2.24, 2.45) is 0 Å². The average molecular weight is 257 g/mol. The molecule has 1 aliphatic carbocycles. The first-order chi connectivity index (χ1) is 9.33. The second-order valence-electron chi connectivity index (χ2n) is 5.23. The van der Waals surface area contributed by atoms with Gasteiger partial charge in [0.1, 0.15) is 6.33 Å². The van der Waals surface area contributed by atoms with Gasteiger partial charge in [-0.15, -0.1) is 5.10 Å². The first kappa shape index (κ1) is 12.1. The molecular formula is C14H19N5. The van der Waals surface area contributed by atoms with Crippen LogP contribution in [-0.2, 0) is 0 Å². The van der Waals surface area contributed by atoms with Crippen molar-refractivity contribution < 1.29 is 0 Å². The van der Waals surface area contributed by atoms with Crippen LogP contribution in [0.5, 0.6) is 0 Å². The summed E-state index contributed by atoms with van der Waals surface area (Å²) in [5, 5.41) is 15.0. The summed E-state index contributed by atoms with van der Waals surface area (Å²) in [5.74, 6) is 0. The second kappa shape index (κ2) is 5.38. The number of aryl methyl sites for hydroxylation is 1. The first-order valence-corrected chi connectivity index (χ1v) is 6.93. The van der Waals surface area contributed by atoms with Crippen LogP contribution in [-0.4, -0.2) is 26.2 Å². The third-order valence-corrected chi connectivity index (χ3v) is 3.78. The van der Waals surface area contributed by atoms with Crippen LogP contribution in [0.2, 0.25) is 0 Å². The molecule has 0 saturated heterocycles. The summed E-state index contributed by atoms with van der Waals surface area (Å²) in [6.45, 7) is 2.07. The predicted molar refractivity (Wildman–Crippen MR) is 74.4 cm³/mol. The molecule has 1 heterocycles. The Bertz CT molecular complexity index is 529. The lowest BCUT2D eigenvalue weighted by Gasteiger charge is -2.24. The number of aromatic nitrogens is 4. The van der Waals surface area contributed by atoms with Gasteiger partial charge in [0.15, 0.2) is 0 Å². The lowest BCUT2D eigenvalue weighted by Crippen LogP contribution is -2.22. The molecule has 19 heavy (non-hydrogen) atoms. The zero-order valence-corrected chi connectivity index (χ0v) is 11.2. The second-order valence-corrected chi connectivity index (χ2v) is 5.23. The number of rotatable bonds is 3. The van der Waals surface area contributed by atoms with E-state index in [4.69, 9.17) is 0 Å². The molecular weight excluding hydrogens is 238 g/mol. The van der Waals surface area contributed by atoms with E-state index in [-0.39, 0.29) is 0 Å². The van der Waals surface area contributed by atoms with Crippen LogP contribution in [0.15, 0.2) is 24.5 Å². The van der Waals surface area contributed by atoms with Crippen molar-refractivity contribution in [3.05, 3.63) is 30.1 Å². The van der Waals surface area contributed by atoms with Crippen LogP contribution in [0.3, 0.4) is 0 Å². The normalized spacial score (nSPS) is 16.5. The zero-order valence-electron chi connectivity index (χ0n) is 11.2. The fourth-order valence-electron chi connectivity index (χ4n) is 2.70. The number of tetrazole rings is 1. The minimum atomic E-state index is 0.609. The molecule has 1 aliphatic rings. The van der Waals surface area contributed by atoms with Gasteiger partial charge in [0.25, 0.3) is 0 Å². The molecule has 1 aromatic heterocycles. The molecule has 0 unspecified atom stereocenters. The molecule has 2 aromatic rings. The molecule has 0 bridgehead atoms. The molecule has 0 amide bonds. The van der Waals surface area contributed by atoms with E-state index in [2.05, 4.69) is 46.0 Å². The summed E-state index contributed by atoms with van der Waals surface area (Å²) in [7, 11) is 0. The van der Waals surface area contributed by atoms with Crippen molar-refractivity contribution in [1.82, 2.24) is 20.2 Å². The highest BCUT2D eigenvalue weighted by Crippen LogP contribution is 2.24. The van der Waals surface area contributed by atoms with Gasteiger partial charge in [-0.05, 0) is 47.9 Å². The Labute approximate surface area is 113 Å². The quantitative estimate of drug-likeness (QED) is 0.918. The van der Waals surface area contributed by atoms with Gasteiger partial charge in [0.05, 0.1) is 5.69 Å².